The highest BCUT2D eigenvalue weighted by Crippen LogP contribution is 2.32. The molecule has 6 heteroatoms. The number of hydrogen-bond acceptors (Lipinski definition) is 3. The number of benzene rings is 4. The van der Waals surface area contributed by atoms with Crippen LogP contribution >= 0.6 is 0 Å². The van der Waals surface area contributed by atoms with Crippen LogP contribution in [0.1, 0.15) is 20.7 Å². The van der Waals surface area contributed by atoms with E-state index in [1.165, 1.54) is 14.1 Å². The minimum atomic E-state index is -0.497. The minimum absolute atomic E-state index is 0.00580. The number of phenolic OH excluding ortho intramolecular Hbond substituents is 1. The third-order valence-electron chi connectivity index (χ3n) is 6.61. The van der Waals surface area contributed by atoms with Crippen molar-refractivity contribution in [3.8, 4) is 45.1 Å². The van der Waals surface area contributed by atoms with Gasteiger partial charge in [-0.1, -0.05) is 66.7 Å². The zero-order chi connectivity index (χ0) is 27.4. The highest BCUT2D eigenvalue weighted by atomic mass is 16.3. The Morgan fingerprint density at radius 3 is 1.33 bits per heavy atom. The van der Waals surface area contributed by atoms with E-state index in [4.69, 9.17) is 0 Å². The summed E-state index contributed by atoms with van der Waals surface area (Å²) in [6.07, 6.45) is 0. The predicted molar refractivity (Wildman–Crippen MR) is 153 cm³/mol. The smallest absolute Gasteiger partial charge is 0.255 e. The summed E-state index contributed by atoms with van der Waals surface area (Å²) >= 11 is 0. The van der Waals surface area contributed by atoms with Crippen LogP contribution in [0.5, 0.6) is 5.75 Å². The molecule has 0 fully saturated rings. The van der Waals surface area contributed by atoms with Crippen molar-refractivity contribution in [2.24, 2.45) is 0 Å². The number of pyridine rings is 1. The first-order valence-corrected chi connectivity index (χ1v) is 12.6. The summed E-state index contributed by atoms with van der Waals surface area (Å²) in [5, 5.41) is 16.0. The molecule has 1 heterocycles. The fraction of sp³-hybridized carbons (Fsp3) is 0.0606. The molecule has 192 valence electrons. The van der Waals surface area contributed by atoms with Gasteiger partial charge in [0.15, 0.2) is 0 Å². The van der Waals surface area contributed by atoms with E-state index in [9.17, 15) is 14.7 Å². The molecule has 0 aliphatic heterocycles. The van der Waals surface area contributed by atoms with Crippen LogP contribution in [0.4, 0.5) is 0 Å². The SMILES string of the molecule is CNC(=O)c1cc(-[n+]2c(-c3ccccc3)cc(-c3ccccc3)cc2-c2ccccc2)cc(C(=O)NC)c1O. The van der Waals surface area contributed by atoms with E-state index in [0.717, 1.165) is 33.6 Å². The van der Waals surface area contributed by atoms with E-state index in [1.54, 1.807) is 12.1 Å². The number of nitrogens with one attached hydrogen (secondary N) is 2. The van der Waals surface area contributed by atoms with Crippen molar-refractivity contribution in [1.29, 1.82) is 0 Å². The van der Waals surface area contributed by atoms with Crippen LogP contribution in [0.3, 0.4) is 0 Å². The van der Waals surface area contributed by atoms with Crippen LogP contribution in [0.2, 0.25) is 0 Å². The number of carbonyl (C=O) groups excluding carboxylic acids is 2. The third-order valence-corrected chi connectivity index (χ3v) is 6.61. The maximum atomic E-state index is 12.8. The Kier molecular flexibility index (Phi) is 7.19. The van der Waals surface area contributed by atoms with Gasteiger partial charge in [0.2, 0.25) is 17.1 Å². The summed E-state index contributed by atoms with van der Waals surface area (Å²) in [5.41, 5.74) is 6.24. The Bertz CT molecular complexity index is 1550. The van der Waals surface area contributed by atoms with E-state index < -0.39 is 11.8 Å². The Labute approximate surface area is 227 Å². The second kappa shape index (κ2) is 11.0. The average Bonchev–Trinajstić information content (AvgIpc) is 3.01. The van der Waals surface area contributed by atoms with Gasteiger partial charge in [0, 0.05) is 49.5 Å². The molecule has 0 aliphatic carbocycles. The number of hydrogen-bond donors (Lipinski definition) is 3. The normalized spacial score (nSPS) is 10.6. The third kappa shape index (κ3) is 5.00. The highest BCUT2D eigenvalue weighted by Gasteiger charge is 2.29. The second-order valence-electron chi connectivity index (χ2n) is 9.00. The van der Waals surface area contributed by atoms with Gasteiger partial charge >= 0.3 is 0 Å². The Balaban J connectivity index is 1.93. The van der Waals surface area contributed by atoms with E-state index in [-0.39, 0.29) is 16.9 Å². The van der Waals surface area contributed by atoms with Crippen LogP contribution in [-0.4, -0.2) is 31.0 Å². The van der Waals surface area contributed by atoms with Gasteiger partial charge in [-0.15, -0.1) is 0 Å². The van der Waals surface area contributed by atoms with Gasteiger partial charge in [-0.2, -0.15) is 4.57 Å². The lowest BCUT2D eigenvalue weighted by Crippen LogP contribution is -2.37. The average molecular weight is 515 g/mol. The molecule has 0 saturated heterocycles. The van der Waals surface area contributed by atoms with E-state index in [2.05, 4.69) is 34.9 Å². The van der Waals surface area contributed by atoms with E-state index in [1.807, 2.05) is 83.4 Å². The number of phenols is 1. The predicted octanol–water partition coefficient (Wildman–Crippen LogP) is 5.39. The first-order valence-electron chi connectivity index (χ1n) is 12.6. The highest BCUT2D eigenvalue weighted by molar-refractivity contribution is 6.04. The van der Waals surface area contributed by atoms with Gasteiger partial charge in [-0.3, -0.25) is 9.59 Å². The lowest BCUT2D eigenvalue weighted by Gasteiger charge is -2.15. The number of aromatic hydroxyl groups is 1. The minimum Gasteiger partial charge on any atom is -0.506 e. The van der Waals surface area contributed by atoms with Crippen LogP contribution in [0.15, 0.2) is 115 Å². The molecule has 0 atom stereocenters. The Morgan fingerprint density at radius 2 is 0.949 bits per heavy atom. The van der Waals surface area contributed by atoms with Gasteiger partial charge in [0.1, 0.15) is 5.75 Å². The molecule has 4 aromatic carbocycles. The molecular weight excluding hydrogens is 486 g/mol. The van der Waals surface area contributed by atoms with Crippen molar-refractivity contribution in [3.63, 3.8) is 0 Å². The Hall–Kier alpha value is -5.23. The first-order chi connectivity index (χ1) is 19.0. The number of amides is 2. The number of nitrogens with zero attached hydrogens (tertiary/aromatic N) is 1. The van der Waals surface area contributed by atoms with Crippen molar-refractivity contribution in [1.82, 2.24) is 10.6 Å². The fourth-order valence-corrected chi connectivity index (χ4v) is 4.68. The summed E-state index contributed by atoms with van der Waals surface area (Å²) in [5.74, 6) is -1.37. The van der Waals surface area contributed by atoms with Gasteiger partial charge in [-0.25, -0.2) is 0 Å². The van der Waals surface area contributed by atoms with E-state index in [0.29, 0.717) is 5.69 Å². The quantitative estimate of drug-likeness (QED) is 0.266. The molecule has 5 aromatic rings. The number of carbonyl (C=O) groups is 2. The fourth-order valence-electron chi connectivity index (χ4n) is 4.68. The summed E-state index contributed by atoms with van der Waals surface area (Å²) in [6, 6.07) is 37.5. The molecule has 5 rings (SSSR count). The van der Waals surface area contributed by atoms with Crippen molar-refractivity contribution in [2.45, 2.75) is 0 Å². The number of rotatable bonds is 6. The summed E-state index contributed by atoms with van der Waals surface area (Å²) in [7, 11) is 2.97. The zero-order valence-electron chi connectivity index (χ0n) is 21.7. The van der Waals surface area contributed by atoms with Gasteiger partial charge in [0.25, 0.3) is 11.8 Å². The van der Waals surface area contributed by atoms with Crippen LogP contribution < -0.4 is 15.2 Å². The Morgan fingerprint density at radius 1 is 0.564 bits per heavy atom. The lowest BCUT2D eigenvalue weighted by molar-refractivity contribution is -0.572. The molecule has 0 aliphatic rings. The molecule has 0 bridgehead atoms. The summed E-state index contributed by atoms with van der Waals surface area (Å²) < 4.78 is 2.02. The molecule has 3 N–H and O–H groups in total. The van der Waals surface area contributed by atoms with Crippen molar-refractivity contribution < 1.29 is 19.3 Å². The lowest BCUT2D eigenvalue weighted by atomic mass is 9.97. The molecule has 2 amide bonds. The number of aromatic nitrogens is 1. The molecule has 0 radical (unpaired) electrons. The summed E-state index contributed by atoms with van der Waals surface area (Å²) in [4.78, 5) is 25.6. The molecule has 0 saturated carbocycles. The molecule has 1 aromatic heterocycles. The van der Waals surface area contributed by atoms with Crippen molar-refractivity contribution >= 4 is 11.8 Å². The maximum absolute atomic E-state index is 12.8. The first kappa shape index (κ1) is 25.4. The second-order valence-corrected chi connectivity index (χ2v) is 9.00. The van der Waals surface area contributed by atoms with Crippen LogP contribution in [0.25, 0.3) is 39.3 Å². The standard InChI is InChI=1S/C33H27N3O3/c1-34-32(38)27-20-26(21-28(31(27)37)33(39)35-2)36-29(23-14-8-4-9-15-23)18-25(22-12-6-3-7-13-22)19-30(36)24-16-10-5-11-17-24/h3-21H,1-2H3,(H2-,34,35,37,38,39)/p+1. The molecule has 0 unspecified atom stereocenters. The van der Waals surface area contributed by atoms with Gasteiger partial charge in [-0.05, 0) is 35.4 Å². The van der Waals surface area contributed by atoms with Gasteiger partial charge in [0.05, 0.1) is 11.1 Å². The molecular formula is C33H28N3O3+. The zero-order valence-corrected chi connectivity index (χ0v) is 21.7. The topological polar surface area (TPSA) is 82.3 Å². The monoisotopic (exact) mass is 514 g/mol. The van der Waals surface area contributed by atoms with Gasteiger partial charge < -0.3 is 15.7 Å². The molecule has 6 nitrogen and oxygen atoms in total. The van der Waals surface area contributed by atoms with E-state index >= 15 is 0 Å². The van der Waals surface area contributed by atoms with Crippen molar-refractivity contribution in [2.75, 3.05) is 14.1 Å². The van der Waals surface area contributed by atoms with Crippen molar-refractivity contribution in [3.05, 3.63) is 126 Å². The summed E-state index contributed by atoms with van der Waals surface area (Å²) in [6.45, 7) is 0. The van der Waals surface area contributed by atoms with Crippen LogP contribution in [-0.2, 0) is 0 Å². The molecule has 39 heavy (non-hydrogen) atoms. The largest absolute Gasteiger partial charge is 0.506 e. The molecule has 0 spiro atoms. The maximum Gasteiger partial charge on any atom is 0.255 e. The van der Waals surface area contributed by atoms with Crippen LogP contribution in [0, 0.1) is 0 Å².